The highest BCUT2D eigenvalue weighted by atomic mass is 16.6. The second kappa shape index (κ2) is 18.3. The number of hydrogen-bond acceptors (Lipinski definition) is 6. The summed E-state index contributed by atoms with van der Waals surface area (Å²) < 4.78 is 17.0. The second-order valence-electron chi connectivity index (χ2n) is 12.9. The van der Waals surface area contributed by atoms with Crippen LogP contribution >= 0.6 is 0 Å². The van der Waals surface area contributed by atoms with Gasteiger partial charge in [0.05, 0.1) is 6.61 Å². The summed E-state index contributed by atoms with van der Waals surface area (Å²) in [6.45, 7) is 23.2. The van der Waals surface area contributed by atoms with Gasteiger partial charge in [0, 0.05) is 12.0 Å². The summed E-state index contributed by atoms with van der Waals surface area (Å²) in [7, 11) is 0. The van der Waals surface area contributed by atoms with Crippen molar-refractivity contribution < 1.29 is 28.6 Å². The number of esters is 3. The Kier molecular flexibility index (Phi) is 17.3. The van der Waals surface area contributed by atoms with Crippen molar-refractivity contribution in [3.8, 4) is 0 Å². The van der Waals surface area contributed by atoms with Crippen molar-refractivity contribution in [3.63, 3.8) is 0 Å². The van der Waals surface area contributed by atoms with Crippen LogP contribution in [0.5, 0.6) is 0 Å². The summed E-state index contributed by atoms with van der Waals surface area (Å²) in [6, 6.07) is 0. The fourth-order valence-electron chi connectivity index (χ4n) is 4.27. The van der Waals surface area contributed by atoms with Gasteiger partial charge in [-0.3, -0.25) is 9.59 Å². The Morgan fingerprint density at radius 3 is 1.51 bits per heavy atom. The average molecular weight is 551 g/mol. The molecule has 0 saturated heterocycles. The quantitative estimate of drug-likeness (QED) is 0.0376. The third kappa shape index (κ3) is 16.6. The van der Waals surface area contributed by atoms with Crippen LogP contribution in [-0.2, 0) is 28.6 Å². The minimum absolute atomic E-state index is 0.0222. The predicted octanol–water partition coefficient (Wildman–Crippen LogP) is 8.81. The van der Waals surface area contributed by atoms with Crippen molar-refractivity contribution in [1.29, 1.82) is 0 Å². The SMILES string of the molecule is C=C(CCCCCCC)CC(CC(=C)C(=O)OCCCCCCCC)(C(=O)OC(C)(C)C)C(=O)OC(C)(C)C. The van der Waals surface area contributed by atoms with E-state index in [1.54, 1.807) is 41.5 Å². The lowest BCUT2D eigenvalue weighted by Gasteiger charge is -2.35. The Morgan fingerprint density at radius 2 is 1.05 bits per heavy atom. The van der Waals surface area contributed by atoms with Gasteiger partial charge in [-0.25, -0.2) is 4.79 Å². The van der Waals surface area contributed by atoms with Gasteiger partial charge < -0.3 is 14.2 Å². The van der Waals surface area contributed by atoms with E-state index in [1.165, 1.54) is 25.7 Å². The Bertz CT molecular complexity index is 753. The third-order valence-corrected chi connectivity index (χ3v) is 6.30. The molecule has 0 unspecified atom stereocenters. The van der Waals surface area contributed by atoms with E-state index in [4.69, 9.17) is 14.2 Å². The van der Waals surface area contributed by atoms with Gasteiger partial charge in [-0.1, -0.05) is 90.4 Å². The molecule has 6 heteroatoms. The topological polar surface area (TPSA) is 78.9 Å². The first-order valence-corrected chi connectivity index (χ1v) is 15.1. The first kappa shape index (κ1) is 36.9. The number of carbonyl (C=O) groups excluding carboxylic acids is 3. The highest BCUT2D eigenvalue weighted by Crippen LogP contribution is 2.40. The van der Waals surface area contributed by atoms with Crippen molar-refractivity contribution in [3.05, 3.63) is 24.3 Å². The van der Waals surface area contributed by atoms with E-state index in [0.29, 0.717) is 6.42 Å². The Hall–Kier alpha value is -2.11. The monoisotopic (exact) mass is 550 g/mol. The fourth-order valence-corrected chi connectivity index (χ4v) is 4.27. The van der Waals surface area contributed by atoms with E-state index in [9.17, 15) is 14.4 Å². The molecule has 0 aromatic rings. The maximum atomic E-state index is 13.7. The van der Waals surface area contributed by atoms with Crippen molar-refractivity contribution in [2.75, 3.05) is 6.61 Å². The summed E-state index contributed by atoms with van der Waals surface area (Å²) in [4.78, 5) is 40.4. The van der Waals surface area contributed by atoms with Crippen molar-refractivity contribution in [2.24, 2.45) is 5.41 Å². The number of hydrogen-bond donors (Lipinski definition) is 0. The zero-order chi connectivity index (χ0) is 30.1. The van der Waals surface area contributed by atoms with Crippen LogP contribution in [-0.4, -0.2) is 35.7 Å². The Morgan fingerprint density at radius 1 is 0.615 bits per heavy atom. The van der Waals surface area contributed by atoms with Crippen LogP contribution in [0.25, 0.3) is 0 Å². The van der Waals surface area contributed by atoms with Crippen molar-refractivity contribution in [1.82, 2.24) is 0 Å². The van der Waals surface area contributed by atoms with Crippen molar-refractivity contribution >= 4 is 17.9 Å². The Labute approximate surface area is 239 Å². The summed E-state index contributed by atoms with van der Waals surface area (Å²) in [5.74, 6) is -2.08. The summed E-state index contributed by atoms with van der Waals surface area (Å²) in [5, 5.41) is 0. The van der Waals surface area contributed by atoms with Gasteiger partial charge in [-0.15, -0.1) is 0 Å². The third-order valence-electron chi connectivity index (χ3n) is 6.30. The first-order valence-electron chi connectivity index (χ1n) is 15.1. The summed E-state index contributed by atoms with van der Waals surface area (Å²) in [5.41, 5.74) is -2.67. The van der Waals surface area contributed by atoms with Crippen LogP contribution < -0.4 is 0 Å². The standard InChI is InChI=1S/C33H58O6/c1-11-13-15-17-19-21-23-37-28(34)27(4)25-33(29(35)38-31(5,6)7,30(36)39-32(8,9)10)24-26(3)22-20-18-16-14-12-2/h3-4,11-25H2,1-2,5-10H3. The molecule has 0 aliphatic carbocycles. The van der Waals surface area contributed by atoms with Crippen LogP contribution in [0.3, 0.4) is 0 Å². The molecule has 0 amide bonds. The van der Waals surface area contributed by atoms with Gasteiger partial charge in [-0.2, -0.15) is 0 Å². The molecule has 0 aliphatic rings. The van der Waals surface area contributed by atoms with E-state index >= 15 is 0 Å². The second-order valence-corrected chi connectivity index (χ2v) is 12.9. The number of rotatable bonds is 20. The molecule has 0 aromatic carbocycles. The van der Waals surface area contributed by atoms with Gasteiger partial charge in [0.15, 0.2) is 5.41 Å². The molecule has 0 aliphatic heterocycles. The van der Waals surface area contributed by atoms with E-state index in [2.05, 4.69) is 27.0 Å². The average Bonchev–Trinajstić information content (AvgIpc) is 2.80. The normalized spacial score (nSPS) is 12.1. The number of unbranched alkanes of at least 4 members (excludes halogenated alkanes) is 9. The minimum Gasteiger partial charge on any atom is -0.462 e. The molecule has 0 bridgehead atoms. The lowest BCUT2D eigenvalue weighted by Crippen LogP contribution is -2.47. The molecule has 0 atom stereocenters. The smallest absolute Gasteiger partial charge is 0.333 e. The molecule has 6 nitrogen and oxygen atoms in total. The lowest BCUT2D eigenvalue weighted by molar-refractivity contribution is -0.185. The molecule has 0 spiro atoms. The molecule has 0 saturated carbocycles. The number of allylic oxidation sites excluding steroid dienone is 1. The lowest BCUT2D eigenvalue weighted by atomic mass is 9.75. The van der Waals surface area contributed by atoms with E-state index in [0.717, 1.165) is 50.5 Å². The molecule has 0 fully saturated rings. The maximum Gasteiger partial charge on any atom is 0.333 e. The molecular formula is C33H58O6. The van der Waals surface area contributed by atoms with Crippen LogP contribution in [0.4, 0.5) is 0 Å². The molecule has 0 rings (SSSR count). The highest BCUT2D eigenvalue weighted by molar-refractivity contribution is 6.02. The molecular weight excluding hydrogens is 492 g/mol. The highest BCUT2D eigenvalue weighted by Gasteiger charge is 2.52. The molecule has 0 radical (unpaired) electrons. The fraction of sp³-hybridized carbons (Fsp3) is 0.788. The van der Waals surface area contributed by atoms with Gasteiger partial charge in [-0.05, 0) is 67.2 Å². The largest absolute Gasteiger partial charge is 0.462 e. The zero-order valence-electron chi connectivity index (χ0n) is 26.5. The zero-order valence-corrected chi connectivity index (χ0v) is 26.5. The summed E-state index contributed by atoms with van der Waals surface area (Å²) in [6.07, 6.45) is 12.3. The molecule has 0 N–H and O–H groups in total. The predicted molar refractivity (Wildman–Crippen MR) is 159 cm³/mol. The first-order chi connectivity index (χ1) is 18.1. The van der Waals surface area contributed by atoms with Crippen LogP contribution in [0.2, 0.25) is 0 Å². The molecule has 226 valence electrons. The van der Waals surface area contributed by atoms with Gasteiger partial charge in [0.1, 0.15) is 11.2 Å². The van der Waals surface area contributed by atoms with Crippen LogP contribution in [0.1, 0.15) is 145 Å². The maximum absolute atomic E-state index is 13.7. The van der Waals surface area contributed by atoms with Crippen molar-refractivity contribution in [2.45, 2.75) is 156 Å². The Balaban J connectivity index is 5.83. The molecule has 0 heterocycles. The summed E-state index contributed by atoms with van der Waals surface area (Å²) >= 11 is 0. The van der Waals surface area contributed by atoms with Gasteiger partial charge >= 0.3 is 17.9 Å². The van der Waals surface area contributed by atoms with E-state index in [-0.39, 0.29) is 25.0 Å². The van der Waals surface area contributed by atoms with E-state index in [1.807, 2.05) is 0 Å². The van der Waals surface area contributed by atoms with Gasteiger partial charge in [0.2, 0.25) is 0 Å². The number of carbonyl (C=O) groups is 3. The van der Waals surface area contributed by atoms with Crippen LogP contribution in [0, 0.1) is 5.41 Å². The minimum atomic E-state index is -1.78. The van der Waals surface area contributed by atoms with Crippen LogP contribution in [0.15, 0.2) is 24.3 Å². The van der Waals surface area contributed by atoms with Gasteiger partial charge in [0.25, 0.3) is 0 Å². The molecule has 39 heavy (non-hydrogen) atoms. The molecule has 0 aromatic heterocycles. The number of ether oxygens (including phenoxy) is 3. The van der Waals surface area contributed by atoms with E-state index < -0.39 is 34.5 Å².